The van der Waals surface area contributed by atoms with E-state index in [4.69, 9.17) is 10.8 Å². The van der Waals surface area contributed by atoms with Crippen LogP contribution in [0, 0.1) is 5.82 Å². The summed E-state index contributed by atoms with van der Waals surface area (Å²) < 4.78 is 14.1. The molecule has 2 rings (SSSR count). The minimum Gasteiger partial charge on any atom is -0.480 e. The van der Waals surface area contributed by atoms with Crippen molar-refractivity contribution < 1.29 is 23.9 Å². The van der Waals surface area contributed by atoms with Crippen molar-refractivity contribution in [2.24, 2.45) is 5.73 Å². The number of benzene rings is 1. The standard InChI is InChI=1S/C13H11FN2O4S/c14-7-2-1-3-9-6(7)4-10(21-9)12(18)16-8(13(19)20)5-11(15)17/h1-4,8H,5H2,(H2,15,17)(H,16,18)(H,19,20). The summed E-state index contributed by atoms with van der Waals surface area (Å²) in [6, 6.07) is 4.36. The molecule has 1 heterocycles. The molecule has 2 aromatic rings. The number of thiophene rings is 1. The van der Waals surface area contributed by atoms with Gasteiger partial charge in [-0.25, -0.2) is 9.18 Å². The number of halogens is 1. The lowest BCUT2D eigenvalue weighted by Crippen LogP contribution is -2.43. The molecule has 0 radical (unpaired) electrons. The first kappa shape index (κ1) is 14.9. The maximum atomic E-state index is 13.5. The summed E-state index contributed by atoms with van der Waals surface area (Å²) in [7, 11) is 0. The van der Waals surface area contributed by atoms with Crippen LogP contribution in [0.1, 0.15) is 16.1 Å². The molecule has 8 heteroatoms. The number of hydrogen-bond donors (Lipinski definition) is 3. The van der Waals surface area contributed by atoms with Gasteiger partial charge in [0, 0.05) is 10.1 Å². The highest BCUT2D eigenvalue weighted by Crippen LogP contribution is 2.27. The molecule has 0 saturated carbocycles. The molecule has 0 fully saturated rings. The number of fused-ring (bicyclic) bond motifs is 1. The van der Waals surface area contributed by atoms with Gasteiger partial charge in [-0.05, 0) is 18.2 Å². The van der Waals surface area contributed by atoms with Gasteiger partial charge in [-0.15, -0.1) is 11.3 Å². The Labute approximate surface area is 122 Å². The molecule has 1 unspecified atom stereocenters. The van der Waals surface area contributed by atoms with E-state index >= 15 is 0 Å². The first-order valence-corrected chi connectivity index (χ1v) is 6.70. The molecular formula is C13H11FN2O4S. The van der Waals surface area contributed by atoms with E-state index in [1.54, 1.807) is 6.07 Å². The van der Waals surface area contributed by atoms with Gasteiger partial charge in [0.1, 0.15) is 11.9 Å². The lowest BCUT2D eigenvalue weighted by Gasteiger charge is -2.11. The van der Waals surface area contributed by atoms with E-state index in [1.165, 1.54) is 18.2 Å². The van der Waals surface area contributed by atoms with Crippen LogP contribution in [0.2, 0.25) is 0 Å². The molecule has 6 nitrogen and oxygen atoms in total. The number of aliphatic carboxylic acids is 1. The number of nitrogens with two attached hydrogens (primary N) is 1. The number of rotatable bonds is 5. The van der Waals surface area contributed by atoms with Crippen molar-refractivity contribution in [3.63, 3.8) is 0 Å². The molecule has 0 spiro atoms. The summed E-state index contributed by atoms with van der Waals surface area (Å²) >= 11 is 1.03. The summed E-state index contributed by atoms with van der Waals surface area (Å²) in [6.45, 7) is 0. The fourth-order valence-electron chi connectivity index (χ4n) is 1.77. The monoisotopic (exact) mass is 310 g/mol. The van der Waals surface area contributed by atoms with E-state index in [0.717, 1.165) is 11.3 Å². The van der Waals surface area contributed by atoms with E-state index in [9.17, 15) is 18.8 Å². The highest BCUT2D eigenvalue weighted by atomic mass is 32.1. The third-order valence-corrected chi connectivity index (χ3v) is 3.84. The first-order chi connectivity index (χ1) is 9.88. The number of hydrogen-bond acceptors (Lipinski definition) is 4. The van der Waals surface area contributed by atoms with Crippen LogP contribution in [0.3, 0.4) is 0 Å². The normalized spacial score (nSPS) is 12.0. The fourth-order valence-corrected chi connectivity index (χ4v) is 2.75. The number of carboxylic acids is 1. The van der Waals surface area contributed by atoms with E-state index in [1.807, 2.05) is 0 Å². The van der Waals surface area contributed by atoms with Gasteiger partial charge in [-0.2, -0.15) is 0 Å². The highest BCUT2D eigenvalue weighted by molar-refractivity contribution is 7.20. The molecule has 0 bridgehead atoms. The van der Waals surface area contributed by atoms with Crippen LogP contribution >= 0.6 is 11.3 Å². The fraction of sp³-hybridized carbons (Fsp3) is 0.154. The van der Waals surface area contributed by atoms with E-state index in [2.05, 4.69) is 5.32 Å². The van der Waals surface area contributed by atoms with Gasteiger partial charge >= 0.3 is 5.97 Å². The lowest BCUT2D eigenvalue weighted by atomic mass is 10.2. The van der Waals surface area contributed by atoms with Gasteiger partial charge in [-0.1, -0.05) is 6.07 Å². The van der Waals surface area contributed by atoms with Crippen molar-refractivity contribution in [2.45, 2.75) is 12.5 Å². The van der Waals surface area contributed by atoms with Crippen molar-refractivity contribution in [1.82, 2.24) is 5.32 Å². The zero-order valence-corrected chi connectivity index (χ0v) is 11.4. The number of carboxylic acid groups (broad SMARTS) is 1. The number of amides is 2. The second-order valence-electron chi connectivity index (χ2n) is 4.30. The van der Waals surface area contributed by atoms with Gasteiger partial charge in [0.05, 0.1) is 11.3 Å². The topological polar surface area (TPSA) is 109 Å². The minimum absolute atomic E-state index is 0.158. The molecule has 0 aliphatic rings. The Bertz CT molecular complexity index is 728. The molecule has 0 aliphatic heterocycles. The predicted octanol–water partition coefficient (Wildman–Crippen LogP) is 1.10. The maximum Gasteiger partial charge on any atom is 0.326 e. The van der Waals surface area contributed by atoms with Crippen LogP contribution < -0.4 is 11.1 Å². The summed E-state index contributed by atoms with van der Waals surface area (Å²) in [5.74, 6) is -3.36. The summed E-state index contributed by atoms with van der Waals surface area (Å²) in [4.78, 5) is 33.9. The Kier molecular flexibility index (Phi) is 4.18. The van der Waals surface area contributed by atoms with Crippen LogP contribution in [-0.2, 0) is 9.59 Å². The highest BCUT2D eigenvalue weighted by Gasteiger charge is 2.23. The van der Waals surface area contributed by atoms with E-state index < -0.39 is 36.1 Å². The summed E-state index contributed by atoms with van der Waals surface area (Å²) in [5, 5.41) is 11.4. The molecule has 110 valence electrons. The zero-order valence-electron chi connectivity index (χ0n) is 10.6. The third kappa shape index (κ3) is 3.34. The number of carbonyl (C=O) groups is 3. The molecule has 2 amide bonds. The number of nitrogens with one attached hydrogen (secondary N) is 1. The van der Waals surface area contributed by atoms with Gasteiger partial charge in [0.2, 0.25) is 5.91 Å². The second-order valence-corrected chi connectivity index (χ2v) is 5.38. The molecule has 21 heavy (non-hydrogen) atoms. The van der Waals surface area contributed by atoms with Gasteiger partial charge < -0.3 is 16.2 Å². The van der Waals surface area contributed by atoms with Crippen molar-refractivity contribution in [1.29, 1.82) is 0 Å². The Morgan fingerprint density at radius 3 is 2.67 bits per heavy atom. The lowest BCUT2D eigenvalue weighted by molar-refractivity contribution is -0.140. The quantitative estimate of drug-likeness (QED) is 0.768. The Morgan fingerprint density at radius 2 is 2.10 bits per heavy atom. The van der Waals surface area contributed by atoms with Crippen LogP contribution in [0.15, 0.2) is 24.3 Å². The van der Waals surface area contributed by atoms with Crippen LogP contribution in [0.4, 0.5) is 4.39 Å². The van der Waals surface area contributed by atoms with Gasteiger partial charge in [0.25, 0.3) is 5.91 Å². The molecule has 0 saturated heterocycles. The molecule has 0 aliphatic carbocycles. The number of carbonyl (C=O) groups excluding carboxylic acids is 2. The van der Waals surface area contributed by atoms with Crippen molar-refractivity contribution in [3.8, 4) is 0 Å². The predicted molar refractivity (Wildman–Crippen MR) is 74.5 cm³/mol. The van der Waals surface area contributed by atoms with Gasteiger partial charge in [-0.3, -0.25) is 9.59 Å². The zero-order chi connectivity index (χ0) is 15.6. The van der Waals surface area contributed by atoms with Crippen molar-refractivity contribution in [2.75, 3.05) is 0 Å². The minimum atomic E-state index is -1.41. The average molecular weight is 310 g/mol. The average Bonchev–Trinajstić information content (AvgIpc) is 2.82. The van der Waals surface area contributed by atoms with E-state index in [-0.39, 0.29) is 10.3 Å². The SMILES string of the molecule is NC(=O)CC(NC(=O)c1cc2c(F)cccc2s1)C(=O)O. The Hall–Kier alpha value is -2.48. The smallest absolute Gasteiger partial charge is 0.326 e. The van der Waals surface area contributed by atoms with Crippen LogP contribution in [0.25, 0.3) is 10.1 Å². The van der Waals surface area contributed by atoms with Crippen molar-refractivity contribution in [3.05, 3.63) is 35.0 Å². The van der Waals surface area contributed by atoms with Crippen molar-refractivity contribution >= 4 is 39.2 Å². The summed E-state index contributed by atoms with van der Waals surface area (Å²) in [6.07, 6.45) is -0.514. The molecule has 1 atom stereocenters. The molecule has 1 aromatic carbocycles. The molecular weight excluding hydrogens is 299 g/mol. The summed E-state index contributed by atoms with van der Waals surface area (Å²) in [5.41, 5.74) is 4.93. The Balaban J connectivity index is 2.23. The second kappa shape index (κ2) is 5.88. The van der Waals surface area contributed by atoms with Crippen LogP contribution in [-0.4, -0.2) is 28.9 Å². The first-order valence-electron chi connectivity index (χ1n) is 5.88. The molecule has 4 N–H and O–H groups in total. The number of primary amides is 1. The van der Waals surface area contributed by atoms with E-state index in [0.29, 0.717) is 4.70 Å². The maximum absolute atomic E-state index is 13.5. The largest absolute Gasteiger partial charge is 0.480 e. The van der Waals surface area contributed by atoms with Crippen LogP contribution in [0.5, 0.6) is 0 Å². The molecule has 1 aromatic heterocycles. The Morgan fingerprint density at radius 1 is 1.38 bits per heavy atom. The van der Waals surface area contributed by atoms with Gasteiger partial charge in [0.15, 0.2) is 0 Å². The third-order valence-electron chi connectivity index (χ3n) is 2.74.